The Labute approximate surface area is 164 Å². The molecular formula is C19H17N3O3S2. The zero-order valence-electron chi connectivity index (χ0n) is 14.6. The first-order valence-electron chi connectivity index (χ1n) is 8.49. The van der Waals surface area contributed by atoms with Crippen molar-refractivity contribution in [3.8, 4) is 5.75 Å². The summed E-state index contributed by atoms with van der Waals surface area (Å²) >= 11 is 2.88. The van der Waals surface area contributed by atoms with Crippen LogP contribution in [0.3, 0.4) is 0 Å². The Bertz CT molecular complexity index is 1020. The first-order valence-corrected chi connectivity index (χ1v) is 10.3. The summed E-state index contributed by atoms with van der Waals surface area (Å²) in [7, 11) is 0. The Kier molecular flexibility index (Phi) is 5.00. The molecule has 0 spiro atoms. The van der Waals surface area contributed by atoms with Crippen molar-refractivity contribution in [2.45, 2.75) is 11.8 Å². The molecule has 27 heavy (non-hydrogen) atoms. The van der Waals surface area contributed by atoms with Crippen LogP contribution in [0.2, 0.25) is 0 Å². The average Bonchev–Trinajstić information content (AvgIpc) is 3.06. The number of anilines is 2. The number of hydrogen-bond donors (Lipinski definition) is 1. The minimum atomic E-state index is -0.269. The van der Waals surface area contributed by atoms with Gasteiger partial charge in [0.25, 0.3) is 0 Å². The number of rotatable bonds is 5. The van der Waals surface area contributed by atoms with Crippen LogP contribution in [0.4, 0.5) is 10.8 Å². The molecule has 6 nitrogen and oxygen atoms in total. The highest BCUT2D eigenvalue weighted by molar-refractivity contribution is 8.00. The molecule has 0 fully saturated rings. The van der Waals surface area contributed by atoms with Crippen LogP contribution in [0.5, 0.6) is 5.75 Å². The number of thiazole rings is 1. The SMILES string of the molecule is CCOc1ccc2nc(NC(=O)CN3C(=O)CSc4ccccc43)sc2c1. The summed E-state index contributed by atoms with van der Waals surface area (Å²) < 4.78 is 6.43. The molecule has 0 saturated carbocycles. The van der Waals surface area contributed by atoms with E-state index in [1.54, 1.807) is 0 Å². The number of amides is 2. The van der Waals surface area contributed by atoms with Crippen LogP contribution in [0.1, 0.15) is 6.92 Å². The minimum Gasteiger partial charge on any atom is -0.494 e. The molecule has 1 N–H and O–H groups in total. The lowest BCUT2D eigenvalue weighted by Crippen LogP contribution is -2.41. The van der Waals surface area contributed by atoms with Crippen LogP contribution < -0.4 is 15.0 Å². The van der Waals surface area contributed by atoms with Crippen molar-refractivity contribution < 1.29 is 14.3 Å². The van der Waals surface area contributed by atoms with Crippen LogP contribution in [0, 0.1) is 0 Å². The van der Waals surface area contributed by atoms with Crippen molar-refractivity contribution in [3.63, 3.8) is 0 Å². The first-order chi connectivity index (χ1) is 13.1. The van der Waals surface area contributed by atoms with E-state index in [4.69, 9.17) is 4.74 Å². The van der Waals surface area contributed by atoms with Crippen LogP contribution >= 0.6 is 23.1 Å². The molecule has 0 radical (unpaired) electrons. The molecule has 8 heteroatoms. The average molecular weight is 399 g/mol. The van der Waals surface area contributed by atoms with Gasteiger partial charge < -0.3 is 15.0 Å². The molecule has 0 unspecified atom stereocenters. The molecule has 2 aromatic carbocycles. The van der Waals surface area contributed by atoms with Crippen molar-refractivity contribution in [1.29, 1.82) is 0 Å². The smallest absolute Gasteiger partial charge is 0.246 e. The van der Waals surface area contributed by atoms with Crippen molar-refractivity contribution in [1.82, 2.24) is 4.98 Å². The number of ether oxygens (including phenoxy) is 1. The standard InChI is InChI=1S/C19H17N3O3S2/c1-2-25-12-7-8-13-16(9-12)27-19(20-13)21-17(23)10-22-14-5-3-4-6-15(14)26-11-18(22)24/h3-9H,2,10-11H2,1H3,(H,20,21,23). The third kappa shape index (κ3) is 3.77. The van der Waals surface area contributed by atoms with Gasteiger partial charge in [-0.05, 0) is 37.3 Å². The van der Waals surface area contributed by atoms with Gasteiger partial charge in [0.15, 0.2) is 5.13 Å². The third-order valence-electron chi connectivity index (χ3n) is 4.03. The molecule has 4 rings (SSSR count). The monoisotopic (exact) mass is 399 g/mol. The van der Waals surface area contributed by atoms with E-state index < -0.39 is 0 Å². The summed E-state index contributed by atoms with van der Waals surface area (Å²) in [5.41, 5.74) is 1.58. The predicted molar refractivity (Wildman–Crippen MR) is 109 cm³/mol. The number of nitrogens with one attached hydrogen (secondary N) is 1. The van der Waals surface area contributed by atoms with Crippen molar-refractivity contribution in [3.05, 3.63) is 42.5 Å². The maximum absolute atomic E-state index is 12.5. The highest BCUT2D eigenvalue weighted by Gasteiger charge is 2.26. The number of hydrogen-bond acceptors (Lipinski definition) is 6. The summed E-state index contributed by atoms with van der Waals surface area (Å²) in [4.78, 5) is 31.8. The second-order valence-electron chi connectivity index (χ2n) is 5.87. The molecule has 138 valence electrons. The Hall–Kier alpha value is -2.58. The molecule has 0 saturated heterocycles. The van der Waals surface area contributed by atoms with Crippen molar-refractivity contribution >= 4 is 55.9 Å². The lowest BCUT2D eigenvalue weighted by molar-refractivity contribution is -0.120. The van der Waals surface area contributed by atoms with Crippen LogP contribution in [-0.4, -0.2) is 35.7 Å². The van der Waals surface area contributed by atoms with Gasteiger partial charge >= 0.3 is 0 Å². The van der Waals surface area contributed by atoms with Crippen molar-refractivity contribution in [2.75, 3.05) is 29.1 Å². The quantitative estimate of drug-likeness (QED) is 0.707. The number of thioether (sulfide) groups is 1. The van der Waals surface area contributed by atoms with E-state index in [0.717, 1.165) is 26.5 Å². The van der Waals surface area contributed by atoms with E-state index in [2.05, 4.69) is 10.3 Å². The number of carbonyl (C=O) groups is 2. The highest BCUT2D eigenvalue weighted by atomic mass is 32.2. The lowest BCUT2D eigenvalue weighted by Gasteiger charge is -2.28. The largest absolute Gasteiger partial charge is 0.494 e. The van der Waals surface area contributed by atoms with Gasteiger partial charge in [-0.1, -0.05) is 23.5 Å². The van der Waals surface area contributed by atoms with Gasteiger partial charge in [-0.2, -0.15) is 0 Å². The zero-order valence-corrected chi connectivity index (χ0v) is 16.2. The van der Waals surface area contributed by atoms with E-state index in [1.807, 2.05) is 49.4 Å². The fourth-order valence-corrected chi connectivity index (χ4v) is 4.69. The predicted octanol–water partition coefficient (Wildman–Crippen LogP) is 3.77. The molecule has 0 atom stereocenters. The van der Waals surface area contributed by atoms with Crippen LogP contribution in [0.25, 0.3) is 10.2 Å². The fourth-order valence-electron chi connectivity index (χ4n) is 2.84. The van der Waals surface area contributed by atoms with E-state index in [9.17, 15) is 9.59 Å². The Morgan fingerprint density at radius 1 is 1.30 bits per heavy atom. The maximum atomic E-state index is 12.5. The Morgan fingerprint density at radius 3 is 3.00 bits per heavy atom. The number of carbonyl (C=O) groups excluding carboxylic acids is 2. The van der Waals surface area contributed by atoms with Crippen molar-refractivity contribution in [2.24, 2.45) is 0 Å². The van der Waals surface area contributed by atoms with E-state index in [1.165, 1.54) is 28.0 Å². The second-order valence-corrected chi connectivity index (χ2v) is 7.91. The molecule has 0 aliphatic carbocycles. The van der Waals surface area contributed by atoms with Gasteiger partial charge in [0.1, 0.15) is 12.3 Å². The van der Waals surface area contributed by atoms with E-state index in [0.29, 0.717) is 17.5 Å². The Morgan fingerprint density at radius 2 is 2.15 bits per heavy atom. The van der Waals surface area contributed by atoms with Gasteiger partial charge in [0.2, 0.25) is 11.8 Å². The molecule has 1 aromatic heterocycles. The molecule has 2 amide bonds. The molecule has 0 bridgehead atoms. The highest BCUT2D eigenvalue weighted by Crippen LogP contribution is 2.35. The van der Waals surface area contributed by atoms with Gasteiger partial charge in [-0.15, -0.1) is 11.8 Å². The maximum Gasteiger partial charge on any atom is 0.246 e. The third-order valence-corrected chi connectivity index (χ3v) is 6.01. The van der Waals surface area contributed by atoms with E-state index >= 15 is 0 Å². The number of para-hydroxylation sites is 1. The minimum absolute atomic E-state index is 0.0312. The number of fused-ring (bicyclic) bond motifs is 2. The summed E-state index contributed by atoms with van der Waals surface area (Å²) in [5, 5.41) is 3.32. The van der Waals surface area contributed by atoms with Crippen LogP contribution in [0.15, 0.2) is 47.4 Å². The summed E-state index contributed by atoms with van der Waals surface area (Å²) in [6.45, 7) is 2.50. The van der Waals surface area contributed by atoms with Gasteiger partial charge in [-0.25, -0.2) is 4.98 Å². The molecule has 3 aromatic rings. The van der Waals surface area contributed by atoms with Crippen LogP contribution in [-0.2, 0) is 9.59 Å². The van der Waals surface area contributed by atoms with Gasteiger partial charge in [0.05, 0.1) is 28.3 Å². The first kappa shape index (κ1) is 17.8. The van der Waals surface area contributed by atoms with Gasteiger partial charge in [0, 0.05) is 4.90 Å². The normalized spacial score (nSPS) is 13.5. The molecule has 2 heterocycles. The molecule has 1 aliphatic heterocycles. The summed E-state index contributed by atoms with van der Waals surface area (Å²) in [6, 6.07) is 13.3. The summed E-state index contributed by atoms with van der Waals surface area (Å²) in [6.07, 6.45) is 0. The second kappa shape index (κ2) is 7.58. The lowest BCUT2D eigenvalue weighted by atomic mass is 10.2. The molecular weight excluding hydrogens is 382 g/mol. The Balaban J connectivity index is 1.49. The topological polar surface area (TPSA) is 71.5 Å². The molecule has 1 aliphatic rings. The number of aromatic nitrogens is 1. The number of nitrogens with zero attached hydrogens (tertiary/aromatic N) is 2. The van der Waals surface area contributed by atoms with E-state index in [-0.39, 0.29) is 18.4 Å². The zero-order chi connectivity index (χ0) is 18.8. The van der Waals surface area contributed by atoms with Gasteiger partial charge in [-0.3, -0.25) is 9.59 Å². The fraction of sp³-hybridized carbons (Fsp3) is 0.211. The number of benzene rings is 2. The summed E-state index contributed by atoms with van der Waals surface area (Å²) in [5.74, 6) is 0.777.